The van der Waals surface area contributed by atoms with Gasteiger partial charge in [0.2, 0.25) is 5.91 Å². The number of carbonyl (C=O) groups is 1. The molecular weight excluding hydrogens is 667 g/mol. The maximum atomic E-state index is 12.5. The van der Waals surface area contributed by atoms with E-state index < -0.39 is 24.2 Å². The van der Waals surface area contributed by atoms with Gasteiger partial charge >= 0.3 is 0 Å². The molecule has 54 heavy (non-hydrogen) atoms. The Labute approximate surface area is 336 Å². The number of aliphatic hydroxyl groups excluding tert-OH is 3. The Morgan fingerprint density at radius 3 is 1.17 bits per heavy atom. The second kappa shape index (κ2) is 44.3. The number of carbonyl (C=O) groups excluding carboxylic acids is 1. The van der Waals surface area contributed by atoms with Gasteiger partial charge in [-0.1, -0.05) is 230 Å². The van der Waals surface area contributed by atoms with E-state index in [9.17, 15) is 20.1 Å². The molecule has 0 bridgehead atoms. The van der Waals surface area contributed by atoms with Gasteiger partial charge in [-0.2, -0.15) is 0 Å². The van der Waals surface area contributed by atoms with Crippen molar-refractivity contribution in [1.82, 2.24) is 5.32 Å². The average Bonchev–Trinajstić information content (AvgIpc) is 3.18. The third-order valence-corrected chi connectivity index (χ3v) is 11.0. The summed E-state index contributed by atoms with van der Waals surface area (Å²) in [5, 5.41) is 33.2. The lowest BCUT2D eigenvalue weighted by Gasteiger charge is -2.21. The average molecular weight is 760 g/mol. The van der Waals surface area contributed by atoms with E-state index in [4.69, 9.17) is 0 Å². The predicted molar refractivity (Wildman–Crippen MR) is 236 cm³/mol. The normalized spacial score (nSPS) is 13.8. The summed E-state index contributed by atoms with van der Waals surface area (Å²) >= 11 is 0. The van der Waals surface area contributed by atoms with Crippen molar-refractivity contribution in [2.75, 3.05) is 6.61 Å². The monoisotopic (exact) mass is 760 g/mol. The highest BCUT2D eigenvalue weighted by Crippen LogP contribution is 2.15. The van der Waals surface area contributed by atoms with Crippen molar-refractivity contribution in [3.63, 3.8) is 0 Å². The number of unbranched alkanes of at least 4 members (excludes halogenated alkanes) is 31. The molecule has 0 spiro atoms. The fraction of sp³-hybridized carbons (Fsp3) is 0.857. The predicted octanol–water partition coefficient (Wildman–Crippen LogP) is 13.9. The highest BCUT2D eigenvalue weighted by Gasteiger charge is 2.22. The summed E-state index contributed by atoms with van der Waals surface area (Å²) in [5.74, 6) is -0.510. The molecule has 318 valence electrons. The topological polar surface area (TPSA) is 89.8 Å². The summed E-state index contributed by atoms with van der Waals surface area (Å²) in [6.07, 6.45) is 56.1. The van der Waals surface area contributed by atoms with Crippen LogP contribution < -0.4 is 5.32 Å². The van der Waals surface area contributed by atoms with Crippen LogP contribution >= 0.6 is 0 Å². The van der Waals surface area contributed by atoms with Crippen LogP contribution in [0.15, 0.2) is 36.5 Å². The number of hydrogen-bond donors (Lipinski definition) is 4. The second-order valence-corrected chi connectivity index (χ2v) is 16.3. The molecule has 0 aliphatic carbocycles. The van der Waals surface area contributed by atoms with E-state index in [1.165, 1.54) is 180 Å². The molecule has 5 heteroatoms. The summed E-state index contributed by atoms with van der Waals surface area (Å²) in [7, 11) is 0. The number of allylic oxidation sites excluding steroid dienone is 5. The number of aliphatic hydroxyl groups is 3. The molecule has 0 saturated heterocycles. The Morgan fingerprint density at radius 2 is 0.796 bits per heavy atom. The molecule has 4 N–H and O–H groups in total. The number of hydrogen-bond acceptors (Lipinski definition) is 4. The van der Waals surface area contributed by atoms with E-state index in [0.717, 1.165) is 44.9 Å². The fourth-order valence-corrected chi connectivity index (χ4v) is 7.22. The second-order valence-electron chi connectivity index (χ2n) is 16.3. The van der Waals surface area contributed by atoms with Gasteiger partial charge in [0.25, 0.3) is 0 Å². The Bertz CT molecular complexity index is 840. The highest BCUT2D eigenvalue weighted by molar-refractivity contribution is 5.80. The van der Waals surface area contributed by atoms with Crippen molar-refractivity contribution in [2.24, 2.45) is 0 Å². The molecule has 0 rings (SSSR count). The van der Waals surface area contributed by atoms with Crippen LogP contribution in [0.3, 0.4) is 0 Å². The first-order valence-electron chi connectivity index (χ1n) is 23.8. The minimum Gasteiger partial charge on any atom is -0.394 e. The van der Waals surface area contributed by atoms with Crippen LogP contribution in [0, 0.1) is 0 Å². The van der Waals surface area contributed by atoms with Gasteiger partial charge in [-0.25, -0.2) is 0 Å². The lowest BCUT2D eigenvalue weighted by atomic mass is 10.0. The summed E-state index contributed by atoms with van der Waals surface area (Å²) in [5.41, 5.74) is 0. The first-order chi connectivity index (χ1) is 26.6. The van der Waals surface area contributed by atoms with Crippen molar-refractivity contribution < 1.29 is 20.1 Å². The summed E-state index contributed by atoms with van der Waals surface area (Å²) in [6, 6.07) is -0.802. The van der Waals surface area contributed by atoms with Crippen molar-refractivity contribution in [3.05, 3.63) is 36.5 Å². The van der Waals surface area contributed by atoms with Crippen LogP contribution in [-0.2, 0) is 4.79 Å². The molecule has 0 aliphatic heterocycles. The first-order valence-corrected chi connectivity index (χ1v) is 23.8. The molecule has 0 radical (unpaired) electrons. The zero-order valence-electron chi connectivity index (χ0n) is 36.1. The third kappa shape index (κ3) is 38.8. The SMILES string of the molecule is CCCCCCCCCCC/C=C\C/C=C\CCCCCCCCC(O)C(=O)NC(CO)C(O)/C=C/CCCCCCCCCCCCCCCCCC. The molecule has 0 saturated carbocycles. The van der Waals surface area contributed by atoms with Crippen LogP contribution in [0.25, 0.3) is 0 Å². The molecule has 0 aromatic rings. The van der Waals surface area contributed by atoms with Gasteiger partial charge in [0.05, 0.1) is 18.8 Å². The fourth-order valence-electron chi connectivity index (χ4n) is 7.22. The first kappa shape index (κ1) is 52.6. The largest absolute Gasteiger partial charge is 0.394 e. The number of nitrogens with one attached hydrogen (secondary N) is 1. The summed E-state index contributed by atoms with van der Waals surface area (Å²) in [4.78, 5) is 12.5. The smallest absolute Gasteiger partial charge is 0.249 e. The molecule has 0 fully saturated rings. The van der Waals surface area contributed by atoms with E-state index in [0.29, 0.717) is 6.42 Å². The van der Waals surface area contributed by atoms with Crippen LogP contribution in [0.5, 0.6) is 0 Å². The molecule has 1 amide bonds. The summed E-state index contributed by atoms with van der Waals surface area (Å²) < 4.78 is 0. The molecule has 0 heterocycles. The van der Waals surface area contributed by atoms with Crippen molar-refractivity contribution in [2.45, 2.75) is 263 Å². The molecular formula is C49H93NO4. The van der Waals surface area contributed by atoms with E-state index in [2.05, 4.69) is 43.5 Å². The van der Waals surface area contributed by atoms with E-state index in [1.807, 2.05) is 6.08 Å². The van der Waals surface area contributed by atoms with Gasteiger partial charge in [-0.15, -0.1) is 0 Å². The van der Waals surface area contributed by atoms with Gasteiger partial charge in [-0.05, 0) is 51.4 Å². The zero-order chi connectivity index (χ0) is 39.4. The van der Waals surface area contributed by atoms with Gasteiger partial charge < -0.3 is 20.6 Å². The molecule has 0 aliphatic rings. The molecule has 3 atom stereocenters. The van der Waals surface area contributed by atoms with E-state index in [1.54, 1.807) is 6.08 Å². The third-order valence-electron chi connectivity index (χ3n) is 11.0. The zero-order valence-corrected chi connectivity index (χ0v) is 36.1. The van der Waals surface area contributed by atoms with Crippen molar-refractivity contribution >= 4 is 5.91 Å². The van der Waals surface area contributed by atoms with Gasteiger partial charge in [0, 0.05) is 0 Å². The number of amides is 1. The lowest BCUT2D eigenvalue weighted by molar-refractivity contribution is -0.131. The van der Waals surface area contributed by atoms with Crippen LogP contribution in [0.1, 0.15) is 245 Å². The van der Waals surface area contributed by atoms with Crippen LogP contribution in [0.4, 0.5) is 0 Å². The van der Waals surface area contributed by atoms with Crippen molar-refractivity contribution in [3.8, 4) is 0 Å². The number of rotatable bonds is 43. The summed E-state index contributed by atoms with van der Waals surface area (Å²) in [6.45, 7) is 4.19. The lowest BCUT2D eigenvalue weighted by Crippen LogP contribution is -2.48. The van der Waals surface area contributed by atoms with E-state index in [-0.39, 0.29) is 6.61 Å². The Hall–Kier alpha value is -1.43. The maximum Gasteiger partial charge on any atom is 0.249 e. The van der Waals surface area contributed by atoms with Crippen LogP contribution in [0.2, 0.25) is 0 Å². The maximum absolute atomic E-state index is 12.5. The standard InChI is InChI=1S/C49H93NO4/c1-3-5-7-9-11-13-15-17-19-21-23-24-25-26-28-30-32-34-36-38-40-42-44-48(53)49(54)50-46(45-51)47(52)43-41-39-37-35-33-31-29-27-22-20-18-16-14-12-10-8-6-4-2/h23-24,26,28,41,43,46-48,51-53H,3-22,25,27,29-40,42,44-45H2,1-2H3,(H,50,54)/b24-23-,28-26-,43-41+. The highest BCUT2D eigenvalue weighted by atomic mass is 16.3. The van der Waals surface area contributed by atoms with Crippen molar-refractivity contribution in [1.29, 1.82) is 0 Å². The van der Waals surface area contributed by atoms with Gasteiger partial charge in [0.1, 0.15) is 6.10 Å². The minimum atomic E-state index is -1.11. The van der Waals surface area contributed by atoms with E-state index >= 15 is 0 Å². The Balaban J connectivity index is 3.68. The van der Waals surface area contributed by atoms with Gasteiger partial charge in [-0.3, -0.25) is 4.79 Å². The molecule has 5 nitrogen and oxygen atoms in total. The Kier molecular flexibility index (Phi) is 43.1. The quantitative estimate of drug-likeness (QED) is 0.0368. The minimum absolute atomic E-state index is 0.367. The molecule has 0 aromatic heterocycles. The molecule has 3 unspecified atom stereocenters. The molecule has 0 aromatic carbocycles. The van der Waals surface area contributed by atoms with Crippen LogP contribution in [-0.4, -0.2) is 46.1 Å². The Morgan fingerprint density at radius 1 is 0.463 bits per heavy atom. The van der Waals surface area contributed by atoms with Gasteiger partial charge in [0.15, 0.2) is 0 Å².